The van der Waals surface area contributed by atoms with E-state index in [0.29, 0.717) is 13.1 Å². The molecule has 0 saturated carbocycles. The fourth-order valence-corrected chi connectivity index (χ4v) is 2.52. The Morgan fingerprint density at radius 1 is 1.17 bits per heavy atom. The van der Waals surface area contributed by atoms with E-state index in [1.54, 1.807) is 25.0 Å². The molecular weight excluding hydrogens is 292 g/mol. The molecule has 0 aliphatic rings. The quantitative estimate of drug-likeness (QED) is 0.853. The lowest BCUT2D eigenvalue weighted by atomic mass is 10.1. The van der Waals surface area contributed by atoms with E-state index < -0.39 is 5.60 Å². The Bertz CT molecular complexity index is 603. The maximum atomic E-state index is 12.7. The molecule has 0 bridgehead atoms. The number of hydrogen-bond donors (Lipinski definition) is 1. The first kappa shape index (κ1) is 17.2. The van der Waals surface area contributed by atoms with E-state index in [9.17, 15) is 9.90 Å². The van der Waals surface area contributed by atoms with Crippen LogP contribution in [0.25, 0.3) is 0 Å². The number of likely N-dealkylation sites (N-methyl/N-ethyl adjacent to an activating group) is 1. The molecule has 0 spiro atoms. The lowest BCUT2D eigenvalue weighted by molar-refractivity contribution is -0.120. The second kappa shape index (κ2) is 7.44. The number of amides is 1. The highest BCUT2D eigenvalue weighted by atomic mass is 16.3. The summed E-state index contributed by atoms with van der Waals surface area (Å²) in [4.78, 5) is 16.2. The summed E-state index contributed by atoms with van der Waals surface area (Å²) in [6, 6.07) is 13.2. The third kappa shape index (κ3) is 5.54. The fraction of sp³-hybridized carbons (Fsp3) is 0.389. The minimum Gasteiger partial charge on any atom is -0.467 e. The monoisotopic (exact) mass is 316 g/mol. The summed E-state index contributed by atoms with van der Waals surface area (Å²) < 4.78 is 5.37. The first-order valence-electron chi connectivity index (χ1n) is 7.64. The maximum Gasteiger partial charge on any atom is 0.241 e. The van der Waals surface area contributed by atoms with Crippen molar-refractivity contribution >= 4 is 11.6 Å². The molecule has 124 valence electrons. The van der Waals surface area contributed by atoms with E-state index >= 15 is 0 Å². The lowest BCUT2D eigenvalue weighted by Gasteiger charge is -2.28. The molecule has 0 atom stereocenters. The van der Waals surface area contributed by atoms with E-state index in [1.165, 1.54) is 0 Å². The van der Waals surface area contributed by atoms with Crippen LogP contribution >= 0.6 is 0 Å². The van der Waals surface area contributed by atoms with Gasteiger partial charge in [0.15, 0.2) is 0 Å². The Morgan fingerprint density at radius 2 is 1.87 bits per heavy atom. The van der Waals surface area contributed by atoms with Crippen LogP contribution in [0.1, 0.15) is 19.6 Å². The number of rotatable bonds is 7. The molecule has 5 heteroatoms. The van der Waals surface area contributed by atoms with Crippen molar-refractivity contribution in [1.29, 1.82) is 0 Å². The van der Waals surface area contributed by atoms with Crippen LogP contribution in [0.15, 0.2) is 53.1 Å². The van der Waals surface area contributed by atoms with Gasteiger partial charge in [0.25, 0.3) is 0 Å². The Hall–Kier alpha value is -2.11. The maximum absolute atomic E-state index is 12.7. The first-order valence-corrected chi connectivity index (χ1v) is 7.64. The largest absolute Gasteiger partial charge is 0.467 e. The van der Waals surface area contributed by atoms with Crippen LogP contribution in [-0.4, -0.2) is 41.7 Å². The average molecular weight is 316 g/mol. The summed E-state index contributed by atoms with van der Waals surface area (Å²) in [6.07, 6.45) is 1.60. The number of furan rings is 1. The van der Waals surface area contributed by atoms with Crippen LogP contribution in [0.3, 0.4) is 0 Å². The average Bonchev–Trinajstić information content (AvgIpc) is 2.96. The molecule has 1 amide bonds. The molecule has 23 heavy (non-hydrogen) atoms. The van der Waals surface area contributed by atoms with Gasteiger partial charge < -0.3 is 14.4 Å². The van der Waals surface area contributed by atoms with Crippen molar-refractivity contribution in [2.45, 2.75) is 26.0 Å². The molecule has 1 aromatic carbocycles. The van der Waals surface area contributed by atoms with Crippen molar-refractivity contribution in [3.05, 3.63) is 54.5 Å². The van der Waals surface area contributed by atoms with E-state index in [1.807, 2.05) is 54.4 Å². The number of hydrogen-bond acceptors (Lipinski definition) is 4. The highest BCUT2D eigenvalue weighted by Crippen LogP contribution is 2.18. The van der Waals surface area contributed by atoms with Crippen molar-refractivity contribution in [1.82, 2.24) is 4.90 Å². The van der Waals surface area contributed by atoms with Crippen molar-refractivity contribution < 1.29 is 14.3 Å². The summed E-state index contributed by atoms with van der Waals surface area (Å²) in [5.41, 5.74) is -0.0151. The third-order valence-corrected chi connectivity index (χ3v) is 3.33. The molecule has 0 aliphatic heterocycles. The molecular formula is C18H24N2O3. The molecule has 0 aliphatic carbocycles. The van der Waals surface area contributed by atoms with Gasteiger partial charge in [0.2, 0.25) is 5.91 Å². The molecule has 0 fully saturated rings. The summed E-state index contributed by atoms with van der Waals surface area (Å²) in [5, 5.41) is 9.88. The third-order valence-electron chi connectivity index (χ3n) is 3.33. The standard InChI is InChI=1S/C18H24N2O3/c1-18(2,22)14-19(3)13-17(21)20(12-16-10-7-11-23-16)15-8-5-4-6-9-15/h4-11,22H,12-14H2,1-3H3. The highest BCUT2D eigenvalue weighted by molar-refractivity contribution is 5.94. The van der Waals surface area contributed by atoms with Gasteiger partial charge in [-0.1, -0.05) is 18.2 Å². The molecule has 2 aromatic rings. The predicted octanol–water partition coefficient (Wildman–Crippen LogP) is 2.52. The summed E-state index contributed by atoms with van der Waals surface area (Å²) in [5.74, 6) is 0.687. The number of para-hydroxylation sites is 1. The second-order valence-corrected chi connectivity index (χ2v) is 6.38. The molecule has 0 unspecified atom stereocenters. The van der Waals surface area contributed by atoms with Crippen LogP contribution in [0.5, 0.6) is 0 Å². The minimum atomic E-state index is -0.840. The van der Waals surface area contributed by atoms with Crippen molar-refractivity contribution in [2.75, 3.05) is 25.0 Å². The number of nitrogens with zero attached hydrogens (tertiary/aromatic N) is 2. The normalized spacial score (nSPS) is 11.7. The Labute approximate surface area is 137 Å². The lowest BCUT2D eigenvalue weighted by Crippen LogP contribution is -2.43. The summed E-state index contributed by atoms with van der Waals surface area (Å²) in [7, 11) is 1.83. The van der Waals surface area contributed by atoms with Crippen molar-refractivity contribution in [2.24, 2.45) is 0 Å². The van der Waals surface area contributed by atoms with E-state index in [-0.39, 0.29) is 12.5 Å². The van der Waals surface area contributed by atoms with Crippen molar-refractivity contribution in [3.8, 4) is 0 Å². The van der Waals surface area contributed by atoms with Gasteiger partial charge in [-0.15, -0.1) is 0 Å². The Balaban J connectivity index is 2.11. The number of benzene rings is 1. The van der Waals surface area contributed by atoms with Crippen LogP contribution in [0.2, 0.25) is 0 Å². The predicted molar refractivity (Wildman–Crippen MR) is 90.1 cm³/mol. The summed E-state index contributed by atoms with van der Waals surface area (Å²) in [6.45, 7) is 4.48. The minimum absolute atomic E-state index is 0.0423. The van der Waals surface area contributed by atoms with Crippen LogP contribution < -0.4 is 4.90 Å². The van der Waals surface area contributed by atoms with Gasteiger partial charge in [0.05, 0.1) is 25.0 Å². The van der Waals surface area contributed by atoms with Gasteiger partial charge in [-0.2, -0.15) is 0 Å². The van der Waals surface area contributed by atoms with E-state index in [2.05, 4.69) is 0 Å². The van der Waals surface area contributed by atoms with E-state index in [0.717, 1.165) is 11.4 Å². The molecule has 1 heterocycles. The van der Waals surface area contributed by atoms with Crippen LogP contribution in [0.4, 0.5) is 5.69 Å². The molecule has 1 aromatic heterocycles. The zero-order valence-electron chi connectivity index (χ0n) is 13.9. The van der Waals surface area contributed by atoms with Crippen LogP contribution in [0, 0.1) is 0 Å². The topological polar surface area (TPSA) is 56.9 Å². The van der Waals surface area contributed by atoms with Crippen molar-refractivity contribution in [3.63, 3.8) is 0 Å². The summed E-state index contributed by atoms with van der Waals surface area (Å²) >= 11 is 0. The smallest absolute Gasteiger partial charge is 0.241 e. The molecule has 0 radical (unpaired) electrons. The Morgan fingerprint density at radius 3 is 2.43 bits per heavy atom. The molecule has 1 N–H and O–H groups in total. The van der Waals surface area contributed by atoms with Gasteiger partial charge in [-0.25, -0.2) is 0 Å². The molecule has 0 saturated heterocycles. The first-order chi connectivity index (χ1) is 10.8. The SMILES string of the molecule is CN(CC(=O)N(Cc1ccco1)c1ccccc1)CC(C)(C)O. The van der Waals surface area contributed by atoms with E-state index in [4.69, 9.17) is 4.42 Å². The molecule has 5 nitrogen and oxygen atoms in total. The van der Waals surface area contributed by atoms with Gasteiger partial charge in [-0.05, 0) is 45.2 Å². The van der Waals surface area contributed by atoms with Gasteiger partial charge in [-0.3, -0.25) is 9.69 Å². The molecule has 2 rings (SSSR count). The van der Waals surface area contributed by atoms with Crippen LogP contribution in [-0.2, 0) is 11.3 Å². The number of aliphatic hydroxyl groups is 1. The van der Waals surface area contributed by atoms with Gasteiger partial charge >= 0.3 is 0 Å². The zero-order valence-corrected chi connectivity index (χ0v) is 13.9. The van der Waals surface area contributed by atoms with Gasteiger partial charge in [0, 0.05) is 12.2 Å². The number of carbonyl (C=O) groups is 1. The number of carbonyl (C=O) groups excluding carboxylic acids is 1. The fourth-order valence-electron chi connectivity index (χ4n) is 2.52. The van der Waals surface area contributed by atoms with Gasteiger partial charge in [0.1, 0.15) is 5.76 Å². The Kier molecular flexibility index (Phi) is 5.58. The zero-order chi connectivity index (χ0) is 16.9. The highest BCUT2D eigenvalue weighted by Gasteiger charge is 2.22. The number of anilines is 1. The second-order valence-electron chi connectivity index (χ2n) is 6.38.